The molecule has 0 aliphatic carbocycles. The second-order valence-corrected chi connectivity index (χ2v) is 9.09. The van der Waals surface area contributed by atoms with Crippen LogP contribution in [0.15, 0.2) is 60.7 Å². The molecule has 124 valence electrons. The molecule has 0 fully saturated rings. The molecule has 0 spiro atoms. The highest BCUT2D eigenvalue weighted by molar-refractivity contribution is 9.09. The van der Waals surface area contributed by atoms with Crippen molar-refractivity contribution in [2.75, 3.05) is 11.5 Å². The zero-order valence-electron chi connectivity index (χ0n) is 13.3. The van der Waals surface area contributed by atoms with Gasteiger partial charge in [0.15, 0.2) is 0 Å². The molecule has 2 aromatic carbocycles. The largest absolute Gasteiger partial charge is 0.162 e. The van der Waals surface area contributed by atoms with E-state index in [0.29, 0.717) is 9.65 Å². The van der Waals surface area contributed by atoms with E-state index < -0.39 is 0 Å². The Kier molecular flexibility index (Phi) is 9.40. The first-order valence-corrected chi connectivity index (χ1v) is 11.2. The Balaban J connectivity index is 1.51. The zero-order valence-corrected chi connectivity index (χ0v) is 17.3. The molecule has 0 aromatic heterocycles. The highest BCUT2D eigenvalue weighted by Gasteiger charge is 2.07. The van der Waals surface area contributed by atoms with Crippen molar-refractivity contribution in [2.24, 2.45) is 0 Å². The van der Waals surface area contributed by atoms with Gasteiger partial charge in [-0.15, -0.1) is 0 Å². The van der Waals surface area contributed by atoms with Crippen molar-refractivity contribution in [3.63, 3.8) is 0 Å². The summed E-state index contributed by atoms with van der Waals surface area (Å²) in [5, 5.41) is 0. The summed E-state index contributed by atoms with van der Waals surface area (Å²) in [5.41, 5.74) is 2.78. The third-order valence-electron chi connectivity index (χ3n) is 3.82. The molecule has 0 aliphatic rings. The zero-order chi connectivity index (χ0) is 16.3. The van der Waals surface area contributed by atoms with E-state index in [9.17, 15) is 0 Å². The summed E-state index contributed by atoms with van der Waals surface area (Å²) in [7, 11) is 0. The molecule has 2 rings (SSSR count). The highest BCUT2D eigenvalue weighted by atomic mass is 79.9. The Hall–Kier alpha value is -0.250. The van der Waals surface area contributed by atoms with Gasteiger partial charge in [0.1, 0.15) is 0 Å². The first kappa shape index (κ1) is 19.1. The number of hydrogen-bond donors (Lipinski definition) is 0. The van der Waals surface area contributed by atoms with Crippen LogP contribution in [0, 0.1) is 0 Å². The Bertz CT molecular complexity index is 480. The summed E-state index contributed by atoms with van der Waals surface area (Å²) in [4.78, 5) is 0.989. The smallest absolute Gasteiger partial charge is 0.0395 e. The number of alkyl halides is 2. The highest BCUT2D eigenvalue weighted by Crippen LogP contribution is 2.29. The van der Waals surface area contributed by atoms with Gasteiger partial charge in [0, 0.05) is 9.65 Å². The van der Waals surface area contributed by atoms with Gasteiger partial charge in [0.05, 0.1) is 0 Å². The number of benzene rings is 2. The number of halogens is 2. The van der Waals surface area contributed by atoms with Crippen LogP contribution in [-0.4, -0.2) is 11.5 Å². The van der Waals surface area contributed by atoms with Gasteiger partial charge in [-0.05, 0) is 48.3 Å². The molecule has 2 aromatic rings. The molecule has 0 amide bonds. The molecule has 0 nitrogen and oxygen atoms in total. The van der Waals surface area contributed by atoms with E-state index in [2.05, 4.69) is 104 Å². The summed E-state index contributed by atoms with van der Waals surface area (Å²) < 4.78 is 0. The molecule has 0 bridgehead atoms. The second kappa shape index (κ2) is 11.3. The minimum absolute atomic E-state index is 0.495. The van der Waals surface area contributed by atoms with E-state index in [0.717, 1.165) is 0 Å². The molecule has 0 saturated heterocycles. The number of thioether (sulfide) groups is 1. The first-order chi connectivity index (χ1) is 11.3. The van der Waals surface area contributed by atoms with E-state index in [1.165, 1.54) is 48.3 Å². The van der Waals surface area contributed by atoms with E-state index in [1.807, 2.05) is 0 Å². The van der Waals surface area contributed by atoms with E-state index in [4.69, 9.17) is 0 Å². The van der Waals surface area contributed by atoms with Crippen LogP contribution >= 0.6 is 43.6 Å². The second-order valence-electron chi connectivity index (χ2n) is 5.65. The molecular weight excluding hydrogens is 432 g/mol. The quantitative estimate of drug-likeness (QED) is 0.263. The molecular formula is C20H24Br2S. The Morgan fingerprint density at radius 2 is 1.04 bits per heavy atom. The van der Waals surface area contributed by atoms with E-state index in [-0.39, 0.29) is 0 Å². The summed E-state index contributed by atoms with van der Waals surface area (Å²) in [6.07, 6.45) is 4.96. The van der Waals surface area contributed by atoms with Gasteiger partial charge in [-0.2, -0.15) is 11.8 Å². The van der Waals surface area contributed by atoms with Crippen molar-refractivity contribution >= 4 is 43.6 Å². The monoisotopic (exact) mass is 454 g/mol. The van der Waals surface area contributed by atoms with Gasteiger partial charge in [0.25, 0.3) is 0 Å². The molecule has 2 unspecified atom stereocenters. The van der Waals surface area contributed by atoms with Crippen LogP contribution in [-0.2, 0) is 0 Å². The SMILES string of the molecule is BrC(CCCSCCCC(Br)c1ccccc1)c1ccccc1. The summed E-state index contributed by atoms with van der Waals surface area (Å²) in [6, 6.07) is 21.4. The summed E-state index contributed by atoms with van der Waals surface area (Å²) in [6.45, 7) is 0. The predicted octanol–water partition coefficient (Wildman–Crippen LogP) is 7.55. The van der Waals surface area contributed by atoms with Crippen molar-refractivity contribution in [3.05, 3.63) is 71.8 Å². The fourth-order valence-electron chi connectivity index (χ4n) is 2.49. The van der Waals surface area contributed by atoms with Crippen molar-refractivity contribution in [1.29, 1.82) is 0 Å². The Morgan fingerprint density at radius 1 is 0.652 bits per heavy atom. The lowest BCUT2D eigenvalue weighted by Crippen LogP contribution is -1.93. The molecule has 2 atom stereocenters. The fraction of sp³-hybridized carbons (Fsp3) is 0.400. The molecule has 0 aliphatic heterocycles. The minimum Gasteiger partial charge on any atom is -0.162 e. The normalized spacial score (nSPS) is 13.7. The lowest BCUT2D eigenvalue weighted by atomic mass is 10.1. The lowest BCUT2D eigenvalue weighted by molar-refractivity contribution is 0.784. The van der Waals surface area contributed by atoms with Crippen molar-refractivity contribution in [1.82, 2.24) is 0 Å². The summed E-state index contributed by atoms with van der Waals surface area (Å²) >= 11 is 9.68. The predicted molar refractivity (Wildman–Crippen MR) is 112 cm³/mol. The van der Waals surface area contributed by atoms with Gasteiger partial charge in [0.2, 0.25) is 0 Å². The number of rotatable bonds is 10. The maximum absolute atomic E-state index is 3.80. The standard InChI is InChI=1S/C20H24Br2S/c21-19(17-9-3-1-4-10-17)13-7-15-23-16-8-14-20(22)18-11-5-2-6-12-18/h1-6,9-12,19-20H,7-8,13-16H2. The summed E-state index contributed by atoms with van der Waals surface area (Å²) in [5.74, 6) is 2.51. The van der Waals surface area contributed by atoms with Crippen LogP contribution in [0.2, 0.25) is 0 Å². The van der Waals surface area contributed by atoms with E-state index in [1.54, 1.807) is 0 Å². The molecule has 0 radical (unpaired) electrons. The topological polar surface area (TPSA) is 0 Å². The molecule has 0 heterocycles. The third-order valence-corrected chi connectivity index (χ3v) is 6.94. The van der Waals surface area contributed by atoms with Crippen molar-refractivity contribution in [2.45, 2.75) is 35.3 Å². The van der Waals surface area contributed by atoms with Gasteiger partial charge in [-0.25, -0.2) is 0 Å². The Morgan fingerprint density at radius 3 is 1.43 bits per heavy atom. The fourth-order valence-corrected chi connectivity index (χ4v) is 4.69. The molecule has 0 N–H and O–H groups in total. The Labute approximate surface area is 161 Å². The van der Waals surface area contributed by atoms with Crippen LogP contribution < -0.4 is 0 Å². The molecule has 3 heteroatoms. The average molecular weight is 456 g/mol. The van der Waals surface area contributed by atoms with Crippen LogP contribution in [0.5, 0.6) is 0 Å². The van der Waals surface area contributed by atoms with Crippen LogP contribution in [0.3, 0.4) is 0 Å². The first-order valence-electron chi connectivity index (χ1n) is 8.23. The minimum atomic E-state index is 0.495. The van der Waals surface area contributed by atoms with Gasteiger partial charge in [-0.3, -0.25) is 0 Å². The van der Waals surface area contributed by atoms with Crippen molar-refractivity contribution in [3.8, 4) is 0 Å². The van der Waals surface area contributed by atoms with Crippen LogP contribution in [0.4, 0.5) is 0 Å². The number of hydrogen-bond acceptors (Lipinski definition) is 1. The molecule has 0 saturated carbocycles. The third kappa shape index (κ3) is 7.45. The van der Waals surface area contributed by atoms with Gasteiger partial charge < -0.3 is 0 Å². The van der Waals surface area contributed by atoms with Crippen LogP contribution in [0.25, 0.3) is 0 Å². The molecule has 23 heavy (non-hydrogen) atoms. The maximum Gasteiger partial charge on any atom is 0.0395 e. The lowest BCUT2D eigenvalue weighted by Gasteiger charge is -2.11. The maximum atomic E-state index is 3.80. The van der Waals surface area contributed by atoms with Crippen molar-refractivity contribution < 1.29 is 0 Å². The average Bonchev–Trinajstić information content (AvgIpc) is 2.62. The van der Waals surface area contributed by atoms with E-state index >= 15 is 0 Å². The van der Waals surface area contributed by atoms with Gasteiger partial charge in [-0.1, -0.05) is 92.5 Å². The van der Waals surface area contributed by atoms with Gasteiger partial charge >= 0.3 is 0 Å². The van der Waals surface area contributed by atoms with Crippen LogP contribution in [0.1, 0.15) is 46.5 Å².